The number of hydrogen-bond donors (Lipinski definition) is 0. The van der Waals surface area contributed by atoms with Gasteiger partial charge in [0.15, 0.2) is 0 Å². The summed E-state index contributed by atoms with van der Waals surface area (Å²) in [5.74, 6) is 0.177. The highest BCUT2D eigenvalue weighted by Gasteiger charge is 2.32. The minimum atomic E-state index is 0.177. The van der Waals surface area contributed by atoms with Crippen LogP contribution in [0.4, 0.5) is 0 Å². The maximum atomic E-state index is 12.6. The Kier molecular flexibility index (Phi) is 4.20. The first-order valence-corrected chi connectivity index (χ1v) is 7.53. The molecule has 1 aromatic heterocycles. The topological polar surface area (TPSA) is 33.2 Å². The number of nitrogens with zero attached hydrogens (tertiary/aromatic N) is 2. The molecular weight excluding hydrogens is 284 g/mol. The van der Waals surface area contributed by atoms with E-state index in [1.807, 2.05) is 41.3 Å². The van der Waals surface area contributed by atoms with Crippen molar-refractivity contribution in [2.24, 2.45) is 0 Å². The van der Waals surface area contributed by atoms with Crippen LogP contribution >= 0.6 is 11.6 Å². The van der Waals surface area contributed by atoms with E-state index in [0.29, 0.717) is 24.0 Å². The quantitative estimate of drug-likeness (QED) is 0.847. The molecule has 0 aliphatic heterocycles. The average molecular weight is 301 g/mol. The Labute approximate surface area is 129 Å². The van der Waals surface area contributed by atoms with Gasteiger partial charge in [-0.05, 0) is 48.2 Å². The number of pyridine rings is 1. The van der Waals surface area contributed by atoms with Crippen molar-refractivity contribution in [1.82, 2.24) is 9.88 Å². The Balaban J connectivity index is 1.69. The van der Waals surface area contributed by atoms with Crippen LogP contribution in [0.1, 0.15) is 24.0 Å². The second-order valence-electron chi connectivity index (χ2n) is 5.41. The first kappa shape index (κ1) is 14.1. The van der Waals surface area contributed by atoms with Gasteiger partial charge in [0, 0.05) is 30.0 Å². The van der Waals surface area contributed by atoms with Crippen LogP contribution in [-0.2, 0) is 17.8 Å². The molecule has 1 aliphatic rings. The molecule has 3 nitrogen and oxygen atoms in total. The van der Waals surface area contributed by atoms with Crippen molar-refractivity contribution in [3.05, 3.63) is 64.9 Å². The lowest BCUT2D eigenvalue weighted by atomic mass is 10.1. The monoisotopic (exact) mass is 300 g/mol. The molecule has 1 heterocycles. The van der Waals surface area contributed by atoms with Crippen LogP contribution in [0.3, 0.4) is 0 Å². The number of aromatic nitrogens is 1. The van der Waals surface area contributed by atoms with Crippen molar-refractivity contribution in [3.63, 3.8) is 0 Å². The van der Waals surface area contributed by atoms with E-state index in [9.17, 15) is 4.79 Å². The second-order valence-corrected chi connectivity index (χ2v) is 5.85. The van der Waals surface area contributed by atoms with Gasteiger partial charge in [-0.3, -0.25) is 9.78 Å². The third-order valence-electron chi connectivity index (χ3n) is 3.68. The van der Waals surface area contributed by atoms with Crippen LogP contribution in [0.5, 0.6) is 0 Å². The number of amides is 1. The van der Waals surface area contributed by atoms with Gasteiger partial charge in [-0.1, -0.05) is 23.7 Å². The minimum Gasteiger partial charge on any atom is -0.335 e. The van der Waals surface area contributed by atoms with Crippen molar-refractivity contribution < 1.29 is 4.79 Å². The third kappa shape index (κ3) is 3.82. The number of carbonyl (C=O) groups is 1. The van der Waals surface area contributed by atoms with Gasteiger partial charge in [0.1, 0.15) is 0 Å². The number of benzene rings is 1. The van der Waals surface area contributed by atoms with Crippen LogP contribution in [-0.4, -0.2) is 21.8 Å². The summed E-state index contributed by atoms with van der Waals surface area (Å²) in [6, 6.07) is 11.8. The number of halogens is 1. The molecule has 108 valence electrons. The zero-order chi connectivity index (χ0) is 14.7. The van der Waals surface area contributed by atoms with Crippen molar-refractivity contribution in [2.75, 3.05) is 0 Å². The lowest BCUT2D eigenvalue weighted by Gasteiger charge is -2.22. The maximum absolute atomic E-state index is 12.6. The van der Waals surface area contributed by atoms with Crippen molar-refractivity contribution in [3.8, 4) is 0 Å². The normalized spacial score (nSPS) is 14.0. The summed E-state index contributed by atoms with van der Waals surface area (Å²) in [6.45, 7) is 0.666. The number of hydrogen-bond acceptors (Lipinski definition) is 2. The molecule has 3 rings (SSSR count). The van der Waals surface area contributed by atoms with Gasteiger partial charge in [0.2, 0.25) is 5.91 Å². The Morgan fingerprint density at radius 1 is 1.10 bits per heavy atom. The van der Waals surface area contributed by atoms with Gasteiger partial charge >= 0.3 is 0 Å². The Morgan fingerprint density at radius 2 is 1.76 bits per heavy atom. The number of rotatable bonds is 5. The predicted octanol–water partition coefficient (Wildman–Crippen LogP) is 3.47. The molecule has 1 saturated carbocycles. The van der Waals surface area contributed by atoms with Crippen LogP contribution in [0.2, 0.25) is 5.02 Å². The number of carbonyl (C=O) groups excluding carboxylic acids is 1. The van der Waals surface area contributed by atoms with Gasteiger partial charge in [0.25, 0.3) is 0 Å². The van der Waals surface area contributed by atoms with Gasteiger partial charge in [-0.2, -0.15) is 0 Å². The minimum absolute atomic E-state index is 0.177. The van der Waals surface area contributed by atoms with E-state index >= 15 is 0 Å². The molecule has 0 bridgehead atoms. The summed E-state index contributed by atoms with van der Waals surface area (Å²) in [5.41, 5.74) is 2.13. The largest absolute Gasteiger partial charge is 0.335 e. The standard InChI is InChI=1S/C17H17ClN2O/c18-15-3-1-13(2-4-15)11-17(21)20(16-5-6-16)12-14-7-9-19-10-8-14/h1-4,7-10,16H,5-6,11-12H2. The molecule has 1 fully saturated rings. The first-order valence-electron chi connectivity index (χ1n) is 7.15. The summed E-state index contributed by atoms with van der Waals surface area (Å²) in [7, 11) is 0. The van der Waals surface area contributed by atoms with Crippen molar-refractivity contribution in [1.29, 1.82) is 0 Å². The van der Waals surface area contributed by atoms with E-state index in [4.69, 9.17) is 11.6 Å². The molecule has 1 aliphatic carbocycles. The Hall–Kier alpha value is -1.87. The fraction of sp³-hybridized carbons (Fsp3) is 0.294. The SMILES string of the molecule is O=C(Cc1ccc(Cl)cc1)N(Cc1ccncc1)C1CC1. The highest BCUT2D eigenvalue weighted by Crippen LogP contribution is 2.29. The summed E-state index contributed by atoms with van der Waals surface area (Å²) in [5, 5.41) is 0.696. The molecule has 0 N–H and O–H groups in total. The lowest BCUT2D eigenvalue weighted by Crippen LogP contribution is -2.33. The summed E-state index contributed by atoms with van der Waals surface area (Å²) >= 11 is 5.88. The molecule has 0 atom stereocenters. The highest BCUT2D eigenvalue weighted by atomic mass is 35.5. The lowest BCUT2D eigenvalue weighted by molar-refractivity contribution is -0.131. The molecular formula is C17H17ClN2O. The van der Waals surface area contributed by atoms with Crippen LogP contribution < -0.4 is 0 Å². The predicted molar refractivity (Wildman–Crippen MR) is 83.0 cm³/mol. The molecule has 0 unspecified atom stereocenters. The zero-order valence-corrected chi connectivity index (χ0v) is 12.5. The van der Waals surface area contributed by atoms with Gasteiger partial charge in [-0.25, -0.2) is 0 Å². The van der Waals surface area contributed by atoms with Crippen molar-refractivity contribution in [2.45, 2.75) is 31.8 Å². The molecule has 0 radical (unpaired) electrons. The zero-order valence-electron chi connectivity index (χ0n) is 11.7. The molecule has 4 heteroatoms. The van der Waals surface area contributed by atoms with E-state index in [0.717, 1.165) is 24.0 Å². The van der Waals surface area contributed by atoms with Gasteiger partial charge in [-0.15, -0.1) is 0 Å². The Morgan fingerprint density at radius 3 is 2.38 bits per heavy atom. The Bertz CT molecular complexity index is 608. The van der Waals surface area contributed by atoms with Gasteiger partial charge < -0.3 is 4.90 Å². The van der Waals surface area contributed by atoms with Crippen LogP contribution in [0, 0.1) is 0 Å². The smallest absolute Gasteiger partial charge is 0.227 e. The van der Waals surface area contributed by atoms with Crippen molar-refractivity contribution >= 4 is 17.5 Å². The summed E-state index contributed by atoms with van der Waals surface area (Å²) in [6.07, 6.45) is 6.18. The molecule has 1 amide bonds. The summed E-state index contributed by atoms with van der Waals surface area (Å²) in [4.78, 5) is 18.6. The average Bonchev–Trinajstić information content (AvgIpc) is 3.33. The van der Waals surface area contributed by atoms with E-state index in [1.54, 1.807) is 12.4 Å². The summed E-state index contributed by atoms with van der Waals surface area (Å²) < 4.78 is 0. The van der Waals surface area contributed by atoms with Gasteiger partial charge in [0.05, 0.1) is 6.42 Å². The van der Waals surface area contributed by atoms with E-state index in [-0.39, 0.29) is 5.91 Å². The van der Waals surface area contributed by atoms with Crippen LogP contribution in [0.25, 0.3) is 0 Å². The molecule has 2 aromatic rings. The maximum Gasteiger partial charge on any atom is 0.227 e. The first-order chi connectivity index (χ1) is 10.2. The second kappa shape index (κ2) is 6.27. The molecule has 0 spiro atoms. The molecule has 0 saturated heterocycles. The highest BCUT2D eigenvalue weighted by molar-refractivity contribution is 6.30. The fourth-order valence-electron chi connectivity index (χ4n) is 2.37. The van der Waals surface area contributed by atoms with E-state index in [1.165, 1.54) is 0 Å². The van der Waals surface area contributed by atoms with Crippen LogP contribution in [0.15, 0.2) is 48.8 Å². The van der Waals surface area contributed by atoms with E-state index < -0.39 is 0 Å². The molecule has 1 aromatic carbocycles. The third-order valence-corrected chi connectivity index (χ3v) is 3.93. The fourth-order valence-corrected chi connectivity index (χ4v) is 2.50. The molecule has 21 heavy (non-hydrogen) atoms. The van der Waals surface area contributed by atoms with E-state index in [2.05, 4.69) is 4.98 Å².